The number of carbonyl (C=O) groups is 1. The van der Waals surface area contributed by atoms with Crippen LogP contribution in [-0.4, -0.2) is 31.8 Å². The first-order chi connectivity index (χ1) is 10.7. The molecule has 2 rings (SSSR count). The molecular weight excluding hydrogens is 290 g/mol. The second kappa shape index (κ2) is 6.42. The Morgan fingerprint density at radius 3 is 2.48 bits per heavy atom. The molecule has 1 heterocycles. The lowest BCUT2D eigenvalue weighted by molar-refractivity contribution is -0.143. The number of anilines is 1. The standard InChI is InChI=1S/C19H29NO3/c1-12(2)16(18(21)23-7)20-17-14(9-8-10-15(17)22-6)13(3)11-19(20,4)5/h8-10,12-13,16H,11H2,1-7H3. The quantitative estimate of drug-likeness (QED) is 0.787. The Morgan fingerprint density at radius 2 is 1.96 bits per heavy atom. The van der Waals surface area contributed by atoms with Crippen molar-refractivity contribution < 1.29 is 14.3 Å². The Balaban J connectivity index is 2.70. The fourth-order valence-corrected chi connectivity index (χ4v) is 3.93. The maximum atomic E-state index is 12.5. The summed E-state index contributed by atoms with van der Waals surface area (Å²) >= 11 is 0. The summed E-state index contributed by atoms with van der Waals surface area (Å²) in [5.74, 6) is 1.17. The van der Waals surface area contributed by atoms with E-state index in [1.54, 1.807) is 7.11 Å². The minimum Gasteiger partial charge on any atom is -0.495 e. The number of esters is 1. The fraction of sp³-hybridized carbons (Fsp3) is 0.632. The molecule has 4 nitrogen and oxygen atoms in total. The Hall–Kier alpha value is -1.71. The fourth-order valence-electron chi connectivity index (χ4n) is 3.93. The van der Waals surface area contributed by atoms with Gasteiger partial charge in [0.05, 0.1) is 19.9 Å². The number of benzene rings is 1. The molecule has 2 atom stereocenters. The number of hydrogen-bond donors (Lipinski definition) is 0. The number of nitrogens with zero attached hydrogens (tertiary/aromatic N) is 1. The molecule has 1 aromatic rings. The van der Waals surface area contributed by atoms with Crippen LogP contribution in [0.15, 0.2) is 18.2 Å². The summed E-state index contributed by atoms with van der Waals surface area (Å²) in [4.78, 5) is 14.7. The van der Waals surface area contributed by atoms with E-state index in [1.807, 2.05) is 12.1 Å². The molecule has 0 saturated carbocycles. The highest BCUT2D eigenvalue weighted by atomic mass is 16.5. The zero-order chi connectivity index (χ0) is 17.4. The van der Waals surface area contributed by atoms with Crippen molar-refractivity contribution in [2.45, 2.75) is 58.5 Å². The maximum Gasteiger partial charge on any atom is 0.328 e. The highest BCUT2D eigenvalue weighted by molar-refractivity contribution is 5.83. The first kappa shape index (κ1) is 17.6. The van der Waals surface area contributed by atoms with Crippen LogP contribution in [0.25, 0.3) is 0 Å². The van der Waals surface area contributed by atoms with Crippen LogP contribution in [0.5, 0.6) is 5.75 Å². The Labute approximate surface area is 139 Å². The number of carbonyl (C=O) groups excluding carboxylic acids is 1. The average molecular weight is 319 g/mol. The third kappa shape index (κ3) is 3.04. The van der Waals surface area contributed by atoms with Gasteiger partial charge in [0, 0.05) is 5.54 Å². The van der Waals surface area contributed by atoms with Gasteiger partial charge in [-0.3, -0.25) is 0 Å². The van der Waals surface area contributed by atoms with Gasteiger partial charge in [-0.05, 0) is 43.7 Å². The van der Waals surface area contributed by atoms with Crippen LogP contribution in [0, 0.1) is 5.92 Å². The summed E-state index contributed by atoms with van der Waals surface area (Å²) in [6.07, 6.45) is 0.980. The van der Waals surface area contributed by atoms with Crippen LogP contribution in [0.3, 0.4) is 0 Å². The van der Waals surface area contributed by atoms with Crippen molar-refractivity contribution in [3.8, 4) is 5.75 Å². The molecule has 0 saturated heterocycles. The van der Waals surface area contributed by atoms with E-state index in [9.17, 15) is 4.79 Å². The largest absolute Gasteiger partial charge is 0.495 e. The zero-order valence-electron chi connectivity index (χ0n) is 15.3. The van der Waals surface area contributed by atoms with Crippen molar-refractivity contribution in [2.24, 2.45) is 5.92 Å². The summed E-state index contributed by atoms with van der Waals surface area (Å²) in [6, 6.07) is 5.79. The lowest BCUT2D eigenvalue weighted by Gasteiger charge is -2.51. The van der Waals surface area contributed by atoms with Gasteiger partial charge in [0.25, 0.3) is 0 Å². The van der Waals surface area contributed by atoms with E-state index in [-0.39, 0.29) is 23.5 Å². The topological polar surface area (TPSA) is 38.8 Å². The Bertz CT molecular complexity index is 580. The third-order valence-corrected chi connectivity index (χ3v) is 4.83. The Kier molecular flexibility index (Phi) is 4.92. The predicted molar refractivity (Wildman–Crippen MR) is 93.2 cm³/mol. The number of rotatable bonds is 4. The van der Waals surface area contributed by atoms with Crippen molar-refractivity contribution >= 4 is 11.7 Å². The zero-order valence-corrected chi connectivity index (χ0v) is 15.3. The molecule has 0 aliphatic carbocycles. The lowest BCUT2D eigenvalue weighted by Crippen LogP contribution is -2.58. The molecular formula is C19H29NO3. The maximum absolute atomic E-state index is 12.5. The lowest BCUT2D eigenvalue weighted by atomic mass is 9.78. The molecule has 0 amide bonds. The average Bonchev–Trinajstić information content (AvgIpc) is 2.49. The number of hydrogen-bond acceptors (Lipinski definition) is 4. The molecule has 0 N–H and O–H groups in total. The van der Waals surface area contributed by atoms with E-state index in [2.05, 4.69) is 45.6 Å². The normalized spacial score (nSPS) is 20.9. The second-order valence-electron chi connectivity index (χ2n) is 7.40. The van der Waals surface area contributed by atoms with Gasteiger partial charge in [-0.15, -0.1) is 0 Å². The van der Waals surface area contributed by atoms with Gasteiger partial charge in [0.1, 0.15) is 11.8 Å². The first-order valence-electron chi connectivity index (χ1n) is 8.28. The molecule has 1 aliphatic heterocycles. The van der Waals surface area contributed by atoms with Crippen LogP contribution < -0.4 is 9.64 Å². The number of ether oxygens (including phenoxy) is 2. The van der Waals surface area contributed by atoms with E-state index in [4.69, 9.17) is 9.47 Å². The van der Waals surface area contributed by atoms with Gasteiger partial charge in [0.15, 0.2) is 0 Å². The van der Waals surface area contributed by atoms with Crippen LogP contribution in [0.4, 0.5) is 5.69 Å². The van der Waals surface area contributed by atoms with Gasteiger partial charge < -0.3 is 14.4 Å². The summed E-state index contributed by atoms with van der Waals surface area (Å²) in [5, 5.41) is 0. The van der Waals surface area contributed by atoms with Crippen molar-refractivity contribution in [1.82, 2.24) is 0 Å². The smallest absolute Gasteiger partial charge is 0.328 e. The first-order valence-corrected chi connectivity index (χ1v) is 8.28. The number of methoxy groups -OCH3 is 2. The van der Waals surface area contributed by atoms with E-state index >= 15 is 0 Å². The SMILES string of the molecule is COC(=O)C(C(C)C)N1c2c(OC)cccc2C(C)CC1(C)C. The van der Waals surface area contributed by atoms with Gasteiger partial charge in [-0.25, -0.2) is 4.79 Å². The Morgan fingerprint density at radius 1 is 1.30 bits per heavy atom. The number of para-hydroxylation sites is 1. The third-order valence-electron chi connectivity index (χ3n) is 4.83. The van der Waals surface area contributed by atoms with Gasteiger partial charge in [0.2, 0.25) is 0 Å². The molecule has 23 heavy (non-hydrogen) atoms. The van der Waals surface area contributed by atoms with Crippen molar-refractivity contribution in [3.05, 3.63) is 23.8 Å². The predicted octanol–water partition coefficient (Wildman–Crippen LogP) is 3.99. The van der Waals surface area contributed by atoms with Crippen LogP contribution in [0.1, 0.15) is 52.5 Å². The molecule has 1 aromatic carbocycles. The van der Waals surface area contributed by atoms with Crippen molar-refractivity contribution in [1.29, 1.82) is 0 Å². The minimum absolute atomic E-state index is 0.132. The summed E-state index contributed by atoms with van der Waals surface area (Å²) in [5.41, 5.74) is 2.10. The molecule has 0 spiro atoms. The molecule has 0 aromatic heterocycles. The molecule has 0 bridgehead atoms. The molecule has 2 unspecified atom stereocenters. The molecule has 1 aliphatic rings. The van der Waals surface area contributed by atoms with Crippen LogP contribution in [-0.2, 0) is 9.53 Å². The summed E-state index contributed by atoms with van der Waals surface area (Å²) < 4.78 is 10.7. The van der Waals surface area contributed by atoms with Gasteiger partial charge in [-0.2, -0.15) is 0 Å². The van der Waals surface area contributed by atoms with Crippen molar-refractivity contribution in [3.63, 3.8) is 0 Å². The van der Waals surface area contributed by atoms with Gasteiger partial charge >= 0.3 is 5.97 Å². The van der Waals surface area contributed by atoms with Crippen LogP contribution >= 0.6 is 0 Å². The van der Waals surface area contributed by atoms with E-state index in [1.165, 1.54) is 12.7 Å². The van der Waals surface area contributed by atoms with E-state index in [0.717, 1.165) is 17.9 Å². The highest BCUT2D eigenvalue weighted by Gasteiger charge is 2.45. The molecule has 0 radical (unpaired) electrons. The number of fused-ring (bicyclic) bond motifs is 1. The highest BCUT2D eigenvalue weighted by Crippen LogP contribution is 2.49. The van der Waals surface area contributed by atoms with E-state index in [0.29, 0.717) is 5.92 Å². The molecule has 4 heteroatoms. The second-order valence-corrected chi connectivity index (χ2v) is 7.40. The molecule has 0 fully saturated rings. The summed E-state index contributed by atoms with van der Waals surface area (Å²) in [6.45, 7) is 10.7. The van der Waals surface area contributed by atoms with Gasteiger partial charge in [-0.1, -0.05) is 32.9 Å². The monoisotopic (exact) mass is 319 g/mol. The minimum atomic E-state index is -0.336. The molecule has 128 valence electrons. The van der Waals surface area contributed by atoms with E-state index < -0.39 is 0 Å². The summed E-state index contributed by atoms with van der Waals surface area (Å²) in [7, 11) is 3.14. The van der Waals surface area contributed by atoms with Crippen LogP contribution in [0.2, 0.25) is 0 Å². The van der Waals surface area contributed by atoms with Crippen molar-refractivity contribution in [2.75, 3.05) is 19.1 Å².